The van der Waals surface area contributed by atoms with Crippen molar-refractivity contribution in [1.29, 1.82) is 0 Å². The topological polar surface area (TPSA) is 32.3 Å². The minimum atomic E-state index is -0.307. The number of carbonyl (C=O) groups excluding carboxylic acids is 1. The third-order valence-corrected chi connectivity index (χ3v) is 3.94. The van der Waals surface area contributed by atoms with Crippen LogP contribution in [0, 0.1) is 0 Å². The van der Waals surface area contributed by atoms with Gasteiger partial charge in [0.25, 0.3) is 0 Å². The average molecular weight is 260 g/mol. The number of hydrogen-bond donors (Lipinski definition) is 1. The first-order valence-corrected chi connectivity index (χ1v) is 7.22. The first-order chi connectivity index (χ1) is 9.18. The Bertz CT molecular complexity index is 410. The average Bonchev–Trinajstić information content (AvgIpc) is 2.89. The summed E-state index contributed by atoms with van der Waals surface area (Å²) >= 11 is 0. The Morgan fingerprint density at radius 2 is 2.11 bits per heavy atom. The van der Waals surface area contributed by atoms with Gasteiger partial charge in [0.1, 0.15) is 0 Å². The number of benzene rings is 1. The van der Waals surface area contributed by atoms with E-state index in [9.17, 15) is 4.79 Å². The summed E-state index contributed by atoms with van der Waals surface area (Å²) in [6, 6.07) is 10.2. The van der Waals surface area contributed by atoms with Gasteiger partial charge in [-0.15, -0.1) is 0 Å². The van der Waals surface area contributed by atoms with Gasteiger partial charge >= 0.3 is 0 Å². The molecule has 0 radical (unpaired) electrons. The van der Waals surface area contributed by atoms with Crippen LogP contribution < -0.4 is 5.32 Å². The maximum atomic E-state index is 12.7. The van der Waals surface area contributed by atoms with E-state index >= 15 is 0 Å². The highest BCUT2D eigenvalue weighted by Gasteiger charge is 2.41. The van der Waals surface area contributed by atoms with Crippen molar-refractivity contribution in [3.63, 3.8) is 0 Å². The van der Waals surface area contributed by atoms with Gasteiger partial charge in [-0.1, -0.05) is 43.7 Å². The molecule has 1 aromatic carbocycles. The van der Waals surface area contributed by atoms with E-state index in [4.69, 9.17) is 0 Å². The van der Waals surface area contributed by atoms with Crippen LogP contribution in [-0.2, 0) is 11.3 Å². The van der Waals surface area contributed by atoms with E-state index < -0.39 is 0 Å². The SMILES string of the molecule is CCCC1(C(=O)N(C)Cc2ccccc2)CCCN1. The molecule has 19 heavy (non-hydrogen) atoms. The van der Waals surface area contributed by atoms with Crippen LogP contribution in [0.15, 0.2) is 30.3 Å². The van der Waals surface area contributed by atoms with Crippen LogP contribution >= 0.6 is 0 Å². The Hall–Kier alpha value is -1.35. The summed E-state index contributed by atoms with van der Waals surface area (Å²) < 4.78 is 0. The summed E-state index contributed by atoms with van der Waals surface area (Å²) in [4.78, 5) is 14.6. The second kappa shape index (κ2) is 6.20. The zero-order valence-electron chi connectivity index (χ0n) is 12.0. The molecular formula is C16H24N2O. The second-order valence-electron chi connectivity index (χ2n) is 5.51. The van der Waals surface area contributed by atoms with Crippen molar-refractivity contribution < 1.29 is 4.79 Å². The summed E-state index contributed by atoms with van der Waals surface area (Å²) in [5.41, 5.74) is 0.876. The fourth-order valence-corrected chi connectivity index (χ4v) is 3.03. The number of carbonyl (C=O) groups is 1. The molecule has 1 saturated heterocycles. The third kappa shape index (κ3) is 3.16. The first-order valence-electron chi connectivity index (χ1n) is 7.22. The number of nitrogens with one attached hydrogen (secondary N) is 1. The Morgan fingerprint density at radius 1 is 1.37 bits per heavy atom. The van der Waals surface area contributed by atoms with Crippen LogP contribution in [0.2, 0.25) is 0 Å². The number of likely N-dealkylation sites (N-methyl/N-ethyl adjacent to an activating group) is 1. The van der Waals surface area contributed by atoms with Gasteiger partial charge in [0.05, 0.1) is 5.54 Å². The lowest BCUT2D eigenvalue weighted by atomic mass is 9.90. The zero-order chi connectivity index (χ0) is 13.7. The van der Waals surface area contributed by atoms with Crippen LogP contribution in [-0.4, -0.2) is 29.9 Å². The molecule has 1 heterocycles. The monoisotopic (exact) mass is 260 g/mol. The Labute approximate surface area is 116 Å². The Kier molecular flexibility index (Phi) is 4.59. The second-order valence-corrected chi connectivity index (χ2v) is 5.51. The van der Waals surface area contributed by atoms with Crippen LogP contribution in [0.3, 0.4) is 0 Å². The lowest BCUT2D eigenvalue weighted by Crippen LogP contribution is -2.53. The molecular weight excluding hydrogens is 236 g/mol. The number of nitrogens with zero attached hydrogens (tertiary/aromatic N) is 1. The highest BCUT2D eigenvalue weighted by Crippen LogP contribution is 2.27. The minimum absolute atomic E-state index is 0.246. The minimum Gasteiger partial charge on any atom is -0.340 e. The molecule has 1 N–H and O–H groups in total. The van der Waals surface area contributed by atoms with E-state index in [-0.39, 0.29) is 11.4 Å². The van der Waals surface area contributed by atoms with E-state index in [0.29, 0.717) is 6.54 Å². The molecule has 1 atom stereocenters. The summed E-state index contributed by atoms with van der Waals surface area (Å²) in [7, 11) is 1.91. The third-order valence-electron chi connectivity index (χ3n) is 3.94. The molecule has 1 amide bonds. The summed E-state index contributed by atoms with van der Waals surface area (Å²) in [6.07, 6.45) is 4.05. The summed E-state index contributed by atoms with van der Waals surface area (Å²) in [5, 5.41) is 3.45. The molecule has 1 fully saturated rings. The van der Waals surface area contributed by atoms with E-state index in [0.717, 1.165) is 32.2 Å². The molecule has 1 aliphatic heterocycles. The van der Waals surface area contributed by atoms with Crippen LogP contribution in [0.5, 0.6) is 0 Å². The van der Waals surface area contributed by atoms with Crippen molar-refractivity contribution in [2.24, 2.45) is 0 Å². The Morgan fingerprint density at radius 3 is 2.68 bits per heavy atom. The predicted octanol–water partition coefficient (Wildman–Crippen LogP) is 2.57. The van der Waals surface area contributed by atoms with Gasteiger partial charge in [-0.25, -0.2) is 0 Å². The zero-order valence-corrected chi connectivity index (χ0v) is 12.0. The summed E-state index contributed by atoms with van der Waals surface area (Å²) in [5.74, 6) is 0.246. The predicted molar refractivity (Wildman–Crippen MR) is 77.8 cm³/mol. The van der Waals surface area contributed by atoms with Gasteiger partial charge in [-0.05, 0) is 31.4 Å². The Balaban J connectivity index is 2.05. The van der Waals surface area contributed by atoms with E-state index in [1.165, 1.54) is 5.56 Å². The van der Waals surface area contributed by atoms with Crippen LogP contribution in [0.1, 0.15) is 38.2 Å². The van der Waals surface area contributed by atoms with Crippen molar-refractivity contribution in [2.75, 3.05) is 13.6 Å². The van der Waals surface area contributed by atoms with E-state index in [1.807, 2.05) is 30.1 Å². The first kappa shape index (κ1) is 14.1. The molecule has 104 valence electrons. The smallest absolute Gasteiger partial charge is 0.242 e. The normalized spacial score (nSPS) is 22.4. The molecule has 2 rings (SSSR count). The number of amides is 1. The van der Waals surface area contributed by atoms with Gasteiger partial charge in [0.15, 0.2) is 0 Å². The molecule has 1 aliphatic rings. The van der Waals surface area contributed by atoms with Crippen molar-refractivity contribution in [2.45, 2.75) is 44.7 Å². The molecule has 0 aromatic heterocycles. The van der Waals surface area contributed by atoms with Crippen LogP contribution in [0.4, 0.5) is 0 Å². The van der Waals surface area contributed by atoms with Gasteiger partial charge in [-0.2, -0.15) is 0 Å². The maximum absolute atomic E-state index is 12.7. The van der Waals surface area contributed by atoms with Crippen molar-refractivity contribution in [3.05, 3.63) is 35.9 Å². The molecule has 1 aromatic rings. The maximum Gasteiger partial charge on any atom is 0.242 e. The van der Waals surface area contributed by atoms with Gasteiger partial charge in [-0.3, -0.25) is 4.79 Å². The molecule has 1 unspecified atom stereocenters. The fourth-order valence-electron chi connectivity index (χ4n) is 3.03. The molecule has 0 aliphatic carbocycles. The number of hydrogen-bond acceptors (Lipinski definition) is 2. The van der Waals surface area contributed by atoms with E-state index in [2.05, 4.69) is 24.4 Å². The highest BCUT2D eigenvalue weighted by atomic mass is 16.2. The quantitative estimate of drug-likeness (QED) is 0.882. The van der Waals surface area contributed by atoms with Crippen molar-refractivity contribution in [1.82, 2.24) is 10.2 Å². The van der Waals surface area contributed by atoms with Gasteiger partial charge in [0, 0.05) is 13.6 Å². The van der Waals surface area contributed by atoms with Crippen molar-refractivity contribution >= 4 is 5.91 Å². The lowest BCUT2D eigenvalue weighted by molar-refractivity contribution is -0.137. The molecule has 0 bridgehead atoms. The van der Waals surface area contributed by atoms with Gasteiger partial charge < -0.3 is 10.2 Å². The molecule has 0 spiro atoms. The highest BCUT2D eigenvalue weighted by molar-refractivity contribution is 5.86. The molecule has 3 heteroatoms. The number of rotatable bonds is 5. The molecule has 3 nitrogen and oxygen atoms in total. The van der Waals surface area contributed by atoms with E-state index in [1.54, 1.807) is 0 Å². The van der Waals surface area contributed by atoms with Crippen molar-refractivity contribution in [3.8, 4) is 0 Å². The van der Waals surface area contributed by atoms with Crippen LogP contribution in [0.25, 0.3) is 0 Å². The van der Waals surface area contributed by atoms with Gasteiger partial charge in [0.2, 0.25) is 5.91 Å². The summed E-state index contributed by atoms with van der Waals surface area (Å²) in [6.45, 7) is 3.80. The largest absolute Gasteiger partial charge is 0.340 e. The fraction of sp³-hybridized carbons (Fsp3) is 0.562. The molecule has 0 saturated carbocycles. The lowest BCUT2D eigenvalue weighted by Gasteiger charge is -2.32. The standard InChI is InChI=1S/C16H24N2O/c1-3-10-16(11-7-12-17-16)15(19)18(2)13-14-8-5-4-6-9-14/h4-6,8-9,17H,3,7,10-13H2,1-2H3.